The smallest absolute Gasteiger partial charge is 0.0441 e. The van der Waals surface area contributed by atoms with Gasteiger partial charge in [0.05, 0.1) is 0 Å². The van der Waals surface area contributed by atoms with Crippen LogP contribution in [0.3, 0.4) is 0 Å². The molecule has 0 saturated carbocycles. The van der Waals surface area contributed by atoms with Crippen molar-refractivity contribution in [2.45, 2.75) is 38.6 Å². The van der Waals surface area contributed by atoms with Crippen molar-refractivity contribution in [3.63, 3.8) is 0 Å². The molecule has 3 heteroatoms. The van der Waals surface area contributed by atoms with E-state index in [9.17, 15) is 0 Å². The van der Waals surface area contributed by atoms with Crippen LogP contribution in [0.15, 0.2) is 36.5 Å². The van der Waals surface area contributed by atoms with Gasteiger partial charge in [-0.2, -0.15) is 0 Å². The van der Waals surface area contributed by atoms with Crippen LogP contribution in [0.4, 0.5) is 5.69 Å². The van der Waals surface area contributed by atoms with Crippen LogP contribution in [-0.2, 0) is 6.42 Å². The van der Waals surface area contributed by atoms with Crippen molar-refractivity contribution in [3.8, 4) is 0 Å². The highest BCUT2D eigenvalue weighted by atomic mass is 14.9. The van der Waals surface area contributed by atoms with E-state index in [0.29, 0.717) is 0 Å². The molecule has 18 heavy (non-hydrogen) atoms. The quantitative estimate of drug-likeness (QED) is 0.619. The fourth-order valence-electron chi connectivity index (χ4n) is 1.78. The van der Waals surface area contributed by atoms with Crippen LogP contribution in [0.2, 0.25) is 0 Å². The van der Waals surface area contributed by atoms with Crippen molar-refractivity contribution < 1.29 is 0 Å². The van der Waals surface area contributed by atoms with Gasteiger partial charge >= 0.3 is 0 Å². The molecular formula is C15H25N3. The Morgan fingerprint density at radius 1 is 1.28 bits per heavy atom. The molecule has 0 bridgehead atoms. The van der Waals surface area contributed by atoms with E-state index in [1.807, 2.05) is 0 Å². The fourth-order valence-corrected chi connectivity index (χ4v) is 1.78. The Morgan fingerprint density at radius 2 is 1.94 bits per heavy atom. The molecule has 5 N–H and O–H groups in total. The summed E-state index contributed by atoms with van der Waals surface area (Å²) in [5.41, 5.74) is 14.8. The molecule has 0 aliphatic rings. The van der Waals surface area contributed by atoms with Crippen molar-refractivity contribution in [1.29, 1.82) is 0 Å². The van der Waals surface area contributed by atoms with E-state index < -0.39 is 0 Å². The van der Waals surface area contributed by atoms with Gasteiger partial charge in [0, 0.05) is 17.4 Å². The summed E-state index contributed by atoms with van der Waals surface area (Å²) in [6.07, 6.45) is 4.05. The highest BCUT2D eigenvalue weighted by Gasteiger charge is 2.06. The second-order valence-corrected chi connectivity index (χ2v) is 4.59. The molecule has 0 aliphatic carbocycles. The van der Waals surface area contributed by atoms with Gasteiger partial charge in [-0.1, -0.05) is 32.1 Å². The minimum absolute atomic E-state index is 0.0117. The molecule has 0 aromatic heterocycles. The molecule has 0 saturated heterocycles. The zero-order chi connectivity index (χ0) is 13.4. The summed E-state index contributed by atoms with van der Waals surface area (Å²) in [4.78, 5) is 0. The molecule has 1 rings (SSSR count). The van der Waals surface area contributed by atoms with Gasteiger partial charge in [-0.3, -0.25) is 0 Å². The van der Waals surface area contributed by atoms with E-state index in [0.717, 1.165) is 43.6 Å². The summed E-state index contributed by atoms with van der Waals surface area (Å²) in [6.45, 7) is 6.88. The summed E-state index contributed by atoms with van der Waals surface area (Å²) in [7, 11) is 0. The van der Waals surface area contributed by atoms with Crippen LogP contribution in [0.5, 0.6) is 0 Å². The zero-order valence-electron chi connectivity index (χ0n) is 11.3. The van der Waals surface area contributed by atoms with E-state index in [-0.39, 0.29) is 6.04 Å². The highest BCUT2D eigenvalue weighted by molar-refractivity contribution is 5.49. The van der Waals surface area contributed by atoms with Gasteiger partial charge in [0.25, 0.3) is 0 Å². The Hall–Kier alpha value is -1.32. The molecule has 3 nitrogen and oxygen atoms in total. The van der Waals surface area contributed by atoms with Gasteiger partial charge in [0.2, 0.25) is 0 Å². The predicted octanol–water partition coefficient (Wildman–Crippen LogP) is 2.63. The first-order valence-corrected chi connectivity index (χ1v) is 6.67. The third kappa shape index (κ3) is 4.90. The number of hydrogen-bond donors (Lipinski definition) is 3. The number of nitrogens with two attached hydrogens (primary N) is 2. The lowest BCUT2D eigenvalue weighted by atomic mass is 10.1. The lowest BCUT2D eigenvalue weighted by Gasteiger charge is -2.17. The molecule has 1 aromatic rings. The molecule has 1 aromatic carbocycles. The lowest BCUT2D eigenvalue weighted by molar-refractivity contribution is 0.620. The van der Waals surface area contributed by atoms with E-state index in [1.165, 1.54) is 5.56 Å². The van der Waals surface area contributed by atoms with Crippen molar-refractivity contribution in [2.24, 2.45) is 11.5 Å². The van der Waals surface area contributed by atoms with Gasteiger partial charge in [0.15, 0.2) is 0 Å². The Balaban J connectivity index is 2.42. The monoisotopic (exact) mass is 247 g/mol. The third-order valence-electron chi connectivity index (χ3n) is 3.08. The first-order chi connectivity index (χ1) is 8.67. The van der Waals surface area contributed by atoms with Crippen molar-refractivity contribution in [2.75, 3.05) is 11.9 Å². The van der Waals surface area contributed by atoms with Crippen molar-refractivity contribution >= 4 is 5.69 Å². The van der Waals surface area contributed by atoms with E-state index >= 15 is 0 Å². The summed E-state index contributed by atoms with van der Waals surface area (Å²) in [6, 6.07) is 8.36. The van der Waals surface area contributed by atoms with E-state index in [2.05, 4.69) is 43.1 Å². The number of benzene rings is 1. The number of rotatable bonds is 8. The normalized spacial score (nSPS) is 12.2. The molecular weight excluding hydrogens is 222 g/mol. The van der Waals surface area contributed by atoms with Crippen molar-refractivity contribution in [3.05, 3.63) is 42.1 Å². The third-order valence-corrected chi connectivity index (χ3v) is 3.08. The molecule has 0 amide bonds. The predicted molar refractivity (Wildman–Crippen MR) is 79.5 cm³/mol. The molecule has 0 heterocycles. The number of aryl methyl sites for hydroxylation is 1. The molecule has 0 radical (unpaired) electrons. The van der Waals surface area contributed by atoms with Crippen molar-refractivity contribution in [1.82, 2.24) is 0 Å². The maximum atomic E-state index is 6.06. The van der Waals surface area contributed by atoms with Gasteiger partial charge in [0.1, 0.15) is 0 Å². The molecule has 0 aliphatic heterocycles. The minimum Gasteiger partial charge on any atom is -0.358 e. The Labute approximate surface area is 110 Å². The Kier molecular flexibility index (Phi) is 6.47. The van der Waals surface area contributed by atoms with Crippen LogP contribution < -0.4 is 16.8 Å². The maximum absolute atomic E-state index is 6.06. The molecule has 1 atom stereocenters. The minimum atomic E-state index is -0.0117. The molecule has 1 unspecified atom stereocenters. The van der Waals surface area contributed by atoms with Gasteiger partial charge in [-0.15, -0.1) is 0 Å². The highest BCUT2D eigenvalue weighted by Crippen LogP contribution is 2.14. The standard InChI is InChI=1S/C15H25N3/c1-3-13-7-9-14(10-8-13)18-12(2)15(17)6-4-5-11-16/h7-10,15,18H,2-6,11,16-17H2,1H3. The summed E-state index contributed by atoms with van der Waals surface area (Å²) < 4.78 is 0. The van der Waals surface area contributed by atoms with Gasteiger partial charge in [-0.25, -0.2) is 0 Å². The largest absolute Gasteiger partial charge is 0.358 e. The van der Waals surface area contributed by atoms with Crippen LogP contribution in [-0.4, -0.2) is 12.6 Å². The Bertz CT molecular complexity index is 357. The maximum Gasteiger partial charge on any atom is 0.0441 e. The summed E-state index contributed by atoms with van der Waals surface area (Å²) in [5.74, 6) is 0. The van der Waals surface area contributed by atoms with E-state index in [1.54, 1.807) is 0 Å². The fraction of sp³-hybridized carbons (Fsp3) is 0.467. The number of anilines is 1. The first kappa shape index (κ1) is 14.7. The SMILES string of the molecule is C=C(Nc1ccc(CC)cc1)C(N)CCCCN. The average molecular weight is 247 g/mol. The number of unbranched alkanes of at least 4 members (excludes halogenated alkanes) is 1. The molecule has 100 valence electrons. The topological polar surface area (TPSA) is 64.1 Å². The number of hydrogen-bond acceptors (Lipinski definition) is 3. The average Bonchev–Trinajstić information content (AvgIpc) is 2.39. The summed E-state index contributed by atoms with van der Waals surface area (Å²) in [5, 5.41) is 3.27. The first-order valence-electron chi connectivity index (χ1n) is 6.67. The molecule has 0 fully saturated rings. The second kappa shape index (κ2) is 7.90. The van der Waals surface area contributed by atoms with Crippen LogP contribution in [0, 0.1) is 0 Å². The van der Waals surface area contributed by atoms with Crippen LogP contribution >= 0.6 is 0 Å². The van der Waals surface area contributed by atoms with Crippen LogP contribution in [0.25, 0.3) is 0 Å². The number of nitrogens with one attached hydrogen (secondary N) is 1. The van der Waals surface area contributed by atoms with E-state index in [4.69, 9.17) is 11.5 Å². The van der Waals surface area contributed by atoms with Gasteiger partial charge in [-0.05, 0) is 43.5 Å². The zero-order valence-corrected chi connectivity index (χ0v) is 11.3. The Morgan fingerprint density at radius 3 is 2.50 bits per heavy atom. The van der Waals surface area contributed by atoms with Gasteiger partial charge < -0.3 is 16.8 Å². The molecule has 0 spiro atoms. The van der Waals surface area contributed by atoms with Crippen LogP contribution in [0.1, 0.15) is 31.7 Å². The second-order valence-electron chi connectivity index (χ2n) is 4.59. The lowest BCUT2D eigenvalue weighted by Crippen LogP contribution is -2.26. The summed E-state index contributed by atoms with van der Waals surface area (Å²) >= 11 is 0.